The summed E-state index contributed by atoms with van der Waals surface area (Å²) < 4.78 is 2.60. The highest BCUT2D eigenvalue weighted by molar-refractivity contribution is 7.26. The van der Waals surface area contributed by atoms with Crippen molar-refractivity contribution in [3.8, 4) is 22.3 Å². The van der Waals surface area contributed by atoms with Crippen molar-refractivity contribution < 1.29 is 0 Å². The lowest BCUT2D eigenvalue weighted by Gasteiger charge is -2.28. The van der Waals surface area contributed by atoms with Crippen LogP contribution in [0.1, 0.15) is 0 Å². The SMILES string of the molecule is c1ccc(-c2ccccc2N(c2ccc(-c3ccc4ccc5ccc6ccccc6c5c4c3)cc2)c2ccc3c(c2)sc2ccc4ccccc4c23)cc1. The van der Waals surface area contributed by atoms with Gasteiger partial charge >= 0.3 is 0 Å². The van der Waals surface area contributed by atoms with Crippen LogP contribution in [0.4, 0.5) is 17.1 Å². The molecule has 0 bridgehead atoms. The molecule has 0 amide bonds. The first-order valence-electron chi connectivity index (χ1n) is 18.5. The van der Waals surface area contributed by atoms with Crippen LogP contribution in [0.5, 0.6) is 0 Å². The molecule has 1 heterocycles. The number of para-hydroxylation sites is 1. The van der Waals surface area contributed by atoms with Crippen LogP contribution >= 0.6 is 11.3 Å². The van der Waals surface area contributed by atoms with E-state index in [2.05, 4.69) is 205 Å². The van der Waals surface area contributed by atoms with Crippen molar-refractivity contribution in [3.05, 3.63) is 200 Å². The zero-order chi connectivity index (χ0) is 35.6. The Kier molecular flexibility index (Phi) is 7.11. The molecule has 11 aromatic rings. The summed E-state index contributed by atoms with van der Waals surface area (Å²) in [6, 6.07) is 73.5. The molecule has 0 fully saturated rings. The highest BCUT2D eigenvalue weighted by atomic mass is 32.1. The zero-order valence-electron chi connectivity index (χ0n) is 29.4. The Hall–Kier alpha value is -6.74. The van der Waals surface area contributed by atoms with Crippen LogP contribution in [-0.4, -0.2) is 0 Å². The van der Waals surface area contributed by atoms with Crippen LogP contribution < -0.4 is 4.90 Å². The van der Waals surface area contributed by atoms with Gasteiger partial charge in [-0.3, -0.25) is 0 Å². The fraction of sp³-hybridized carbons (Fsp3) is 0. The molecular weight excluding hydrogens is 671 g/mol. The van der Waals surface area contributed by atoms with E-state index < -0.39 is 0 Å². The van der Waals surface area contributed by atoms with Gasteiger partial charge in [-0.25, -0.2) is 0 Å². The third-order valence-corrected chi connectivity index (χ3v) is 12.1. The summed E-state index contributed by atoms with van der Waals surface area (Å²) in [5, 5.41) is 12.9. The van der Waals surface area contributed by atoms with E-state index in [9.17, 15) is 0 Å². The molecule has 10 aromatic carbocycles. The normalized spacial score (nSPS) is 11.7. The van der Waals surface area contributed by atoms with E-state index in [-0.39, 0.29) is 0 Å². The first-order chi connectivity index (χ1) is 26.8. The van der Waals surface area contributed by atoms with Crippen molar-refractivity contribution in [1.29, 1.82) is 0 Å². The van der Waals surface area contributed by atoms with Crippen LogP contribution in [0, 0.1) is 0 Å². The minimum atomic E-state index is 1.12. The number of rotatable bonds is 5. The molecule has 0 atom stereocenters. The van der Waals surface area contributed by atoms with Crippen molar-refractivity contribution in [3.63, 3.8) is 0 Å². The Morgan fingerprint density at radius 1 is 0.315 bits per heavy atom. The molecule has 0 unspecified atom stereocenters. The van der Waals surface area contributed by atoms with Gasteiger partial charge < -0.3 is 4.90 Å². The Bertz CT molecular complexity index is 3210. The maximum absolute atomic E-state index is 2.42. The van der Waals surface area contributed by atoms with E-state index in [1.807, 2.05) is 11.3 Å². The van der Waals surface area contributed by atoms with E-state index in [1.54, 1.807) is 0 Å². The second-order valence-corrected chi connectivity index (χ2v) is 15.2. The molecule has 54 heavy (non-hydrogen) atoms. The largest absolute Gasteiger partial charge is 0.310 e. The molecule has 252 valence electrons. The molecule has 0 aliphatic carbocycles. The Labute approximate surface area is 317 Å². The van der Waals surface area contributed by atoms with Crippen LogP contribution in [-0.2, 0) is 0 Å². The molecule has 0 aliphatic rings. The molecule has 0 spiro atoms. The summed E-state index contributed by atoms with van der Waals surface area (Å²) >= 11 is 1.87. The summed E-state index contributed by atoms with van der Waals surface area (Å²) in [6.45, 7) is 0. The number of nitrogens with zero attached hydrogens (tertiary/aromatic N) is 1. The average Bonchev–Trinajstić information content (AvgIpc) is 3.63. The predicted molar refractivity (Wildman–Crippen MR) is 235 cm³/mol. The fourth-order valence-corrected chi connectivity index (χ4v) is 9.59. The molecule has 0 saturated heterocycles. The number of anilines is 3. The molecule has 1 nitrogen and oxygen atoms in total. The molecule has 11 rings (SSSR count). The van der Waals surface area contributed by atoms with Gasteiger partial charge in [-0.1, -0.05) is 158 Å². The number of benzene rings is 10. The van der Waals surface area contributed by atoms with Gasteiger partial charge in [0.05, 0.1) is 5.69 Å². The van der Waals surface area contributed by atoms with E-state index in [1.165, 1.54) is 85.5 Å². The van der Waals surface area contributed by atoms with Gasteiger partial charge in [-0.15, -0.1) is 11.3 Å². The zero-order valence-corrected chi connectivity index (χ0v) is 30.2. The van der Waals surface area contributed by atoms with Gasteiger partial charge in [0, 0.05) is 37.1 Å². The van der Waals surface area contributed by atoms with Crippen molar-refractivity contribution in [2.45, 2.75) is 0 Å². The van der Waals surface area contributed by atoms with Gasteiger partial charge in [-0.2, -0.15) is 0 Å². The van der Waals surface area contributed by atoms with E-state index >= 15 is 0 Å². The van der Waals surface area contributed by atoms with Gasteiger partial charge in [0.2, 0.25) is 0 Å². The van der Waals surface area contributed by atoms with Gasteiger partial charge in [-0.05, 0) is 102 Å². The maximum Gasteiger partial charge on any atom is 0.0540 e. The van der Waals surface area contributed by atoms with Crippen molar-refractivity contribution in [2.24, 2.45) is 0 Å². The van der Waals surface area contributed by atoms with Gasteiger partial charge in [0.15, 0.2) is 0 Å². The Morgan fingerprint density at radius 3 is 1.70 bits per heavy atom. The lowest BCUT2D eigenvalue weighted by atomic mass is 9.94. The van der Waals surface area contributed by atoms with Crippen LogP contribution in [0.25, 0.3) is 85.5 Å². The van der Waals surface area contributed by atoms with Crippen molar-refractivity contribution in [2.75, 3.05) is 4.90 Å². The number of hydrogen-bond donors (Lipinski definition) is 0. The highest BCUT2D eigenvalue weighted by Gasteiger charge is 2.19. The first-order valence-corrected chi connectivity index (χ1v) is 19.3. The standard InChI is InChI=1S/C52H33NS/c1-2-10-35(11-3-1)43-14-8-9-17-48(43)53(42-29-30-46-50(33-42)54-49-31-26-37-13-5-7-16-45(37)52(46)49)41-27-24-34(25-28-41)40-23-20-38-19-22-39-21-18-36-12-4-6-15-44(36)51(39)47(38)32-40/h1-33H. The molecular formula is C52H33NS. The molecule has 0 radical (unpaired) electrons. The number of hydrogen-bond acceptors (Lipinski definition) is 2. The minimum Gasteiger partial charge on any atom is -0.310 e. The van der Waals surface area contributed by atoms with Crippen molar-refractivity contribution in [1.82, 2.24) is 0 Å². The lowest BCUT2D eigenvalue weighted by molar-refractivity contribution is 1.29. The second-order valence-electron chi connectivity index (χ2n) is 14.1. The third-order valence-electron chi connectivity index (χ3n) is 11.0. The molecule has 0 N–H and O–H groups in total. The topological polar surface area (TPSA) is 3.24 Å². The van der Waals surface area contributed by atoms with E-state index in [0.717, 1.165) is 17.1 Å². The summed E-state index contributed by atoms with van der Waals surface area (Å²) in [5.41, 5.74) is 8.19. The Balaban J connectivity index is 1.07. The van der Waals surface area contributed by atoms with Crippen molar-refractivity contribution >= 4 is 91.7 Å². The lowest BCUT2D eigenvalue weighted by Crippen LogP contribution is -2.11. The molecule has 0 aliphatic heterocycles. The summed E-state index contributed by atoms with van der Waals surface area (Å²) in [6.07, 6.45) is 0. The first kappa shape index (κ1) is 30.8. The predicted octanol–water partition coefficient (Wildman–Crippen LogP) is 15.5. The van der Waals surface area contributed by atoms with E-state index in [4.69, 9.17) is 0 Å². The van der Waals surface area contributed by atoms with Crippen LogP contribution in [0.3, 0.4) is 0 Å². The van der Waals surface area contributed by atoms with Crippen LogP contribution in [0.2, 0.25) is 0 Å². The monoisotopic (exact) mass is 703 g/mol. The van der Waals surface area contributed by atoms with Gasteiger partial charge in [0.25, 0.3) is 0 Å². The second kappa shape index (κ2) is 12.4. The smallest absolute Gasteiger partial charge is 0.0540 e. The fourth-order valence-electron chi connectivity index (χ4n) is 8.44. The maximum atomic E-state index is 2.42. The summed E-state index contributed by atoms with van der Waals surface area (Å²) in [5.74, 6) is 0. The summed E-state index contributed by atoms with van der Waals surface area (Å²) in [7, 11) is 0. The number of fused-ring (bicyclic) bond motifs is 10. The average molecular weight is 704 g/mol. The summed E-state index contributed by atoms with van der Waals surface area (Å²) in [4.78, 5) is 2.42. The molecule has 0 saturated carbocycles. The van der Waals surface area contributed by atoms with Gasteiger partial charge in [0.1, 0.15) is 0 Å². The third kappa shape index (κ3) is 4.99. The Morgan fingerprint density at radius 2 is 0.907 bits per heavy atom. The van der Waals surface area contributed by atoms with E-state index in [0.29, 0.717) is 0 Å². The number of thiophene rings is 1. The van der Waals surface area contributed by atoms with Crippen LogP contribution in [0.15, 0.2) is 200 Å². The minimum absolute atomic E-state index is 1.12. The molecule has 1 aromatic heterocycles. The molecule has 2 heteroatoms. The highest BCUT2D eigenvalue weighted by Crippen LogP contribution is 2.45. The quantitative estimate of drug-likeness (QED) is 0.161.